The number of carbonyl (C=O) groups excluding carboxylic acids is 3. The lowest BCUT2D eigenvalue weighted by Gasteiger charge is -2.17. The molecule has 0 N–H and O–H groups in total. The molecule has 4 amide bonds. The van der Waals surface area contributed by atoms with Crippen LogP contribution in [0.2, 0.25) is 5.02 Å². The van der Waals surface area contributed by atoms with Crippen molar-refractivity contribution in [3.63, 3.8) is 0 Å². The van der Waals surface area contributed by atoms with E-state index in [-0.39, 0.29) is 24.0 Å². The van der Waals surface area contributed by atoms with Crippen LogP contribution in [0.3, 0.4) is 0 Å². The van der Waals surface area contributed by atoms with Gasteiger partial charge in [0.1, 0.15) is 5.82 Å². The highest BCUT2D eigenvalue weighted by Gasteiger charge is 2.44. The first-order valence-electron chi connectivity index (χ1n) is 6.42. The normalized spacial score (nSPS) is 15.6. The van der Waals surface area contributed by atoms with Crippen molar-refractivity contribution in [2.24, 2.45) is 5.92 Å². The Kier molecular flexibility index (Phi) is 4.27. The molecular weight excluding hydrogens is 299 g/mol. The summed E-state index contributed by atoms with van der Waals surface area (Å²) >= 11 is 5.87. The maximum atomic E-state index is 13.0. The first kappa shape index (κ1) is 15.4. The number of nitrogens with zero attached hydrogens (tertiary/aromatic N) is 2. The molecule has 1 saturated heterocycles. The standard InChI is InChI=1S/C14H14ClFN2O3/c1-8(2)6-17-12(19)13(20)18(14(17)21)7-9-3-4-10(16)5-11(9)15/h3-5,8H,6-7H2,1-2H3. The Morgan fingerprint density at radius 2 is 1.76 bits per heavy atom. The van der Waals surface area contributed by atoms with Gasteiger partial charge >= 0.3 is 17.8 Å². The summed E-state index contributed by atoms with van der Waals surface area (Å²) in [5.74, 6) is -2.19. The van der Waals surface area contributed by atoms with Gasteiger partial charge in [-0.2, -0.15) is 0 Å². The fraction of sp³-hybridized carbons (Fsp3) is 0.357. The van der Waals surface area contributed by atoms with Crippen molar-refractivity contribution in [1.29, 1.82) is 0 Å². The number of halogens is 2. The van der Waals surface area contributed by atoms with Crippen LogP contribution in [-0.2, 0) is 16.1 Å². The first-order chi connectivity index (χ1) is 9.81. The van der Waals surface area contributed by atoms with Gasteiger partial charge in [0.05, 0.1) is 6.54 Å². The Bertz CT molecular complexity index is 618. The van der Waals surface area contributed by atoms with Gasteiger partial charge < -0.3 is 0 Å². The largest absolute Gasteiger partial charge is 0.334 e. The second-order valence-electron chi connectivity index (χ2n) is 5.22. The number of amides is 4. The molecule has 0 aliphatic carbocycles. The molecule has 1 aliphatic rings. The van der Waals surface area contributed by atoms with E-state index >= 15 is 0 Å². The van der Waals surface area contributed by atoms with E-state index in [1.807, 2.05) is 13.8 Å². The van der Waals surface area contributed by atoms with Gasteiger partial charge in [-0.15, -0.1) is 0 Å². The second kappa shape index (κ2) is 5.81. The quantitative estimate of drug-likeness (QED) is 0.634. The molecule has 1 aliphatic heterocycles. The predicted octanol–water partition coefficient (Wildman–Crippen LogP) is 2.43. The fourth-order valence-corrected chi connectivity index (χ4v) is 2.26. The zero-order chi connectivity index (χ0) is 15.7. The Labute approximate surface area is 126 Å². The molecule has 0 saturated carbocycles. The zero-order valence-electron chi connectivity index (χ0n) is 11.6. The van der Waals surface area contributed by atoms with Gasteiger partial charge in [0.15, 0.2) is 0 Å². The summed E-state index contributed by atoms with van der Waals surface area (Å²) in [7, 11) is 0. The monoisotopic (exact) mass is 312 g/mol. The summed E-state index contributed by atoms with van der Waals surface area (Å²) < 4.78 is 13.0. The summed E-state index contributed by atoms with van der Waals surface area (Å²) in [6.07, 6.45) is 0. The summed E-state index contributed by atoms with van der Waals surface area (Å²) in [6, 6.07) is 2.99. The van der Waals surface area contributed by atoms with Crippen LogP contribution in [0, 0.1) is 11.7 Å². The molecule has 2 rings (SSSR count). The smallest absolute Gasteiger partial charge is 0.263 e. The Hall–Kier alpha value is -1.95. The van der Waals surface area contributed by atoms with E-state index < -0.39 is 23.7 Å². The van der Waals surface area contributed by atoms with Gasteiger partial charge in [0, 0.05) is 11.6 Å². The molecule has 0 spiro atoms. The van der Waals surface area contributed by atoms with Crippen LogP contribution < -0.4 is 0 Å². The van der Waals surface area contributed by atoms with E-state index in [9.17, 15) is 18.8 Å². The van der Waals surface area contributed by atoms with E-state index in [0.29, 0.717) is 5.56 Å². The number of hydrogen-bond donors (Lipinski definition) is 0. The highest BCUT2D eigenvalue weighted by Crippen LogP contribution is 2.22. The minimum absolute atomic E-state index is 0.0556. The van der Waals surface area contributed by atoms with Crippen LogP contribution in [0.25, 0.3) is 0 Å². The topological polar surface area (TPSA) is 57.7 Å². The molecule has 0 bridgehead atoms. The van der Waals surface area contributed by atoms with E-state index in [1.54, 1.807) is 0 Å². The van der Waals surface area contributed by atoms with Gasteiger partial charge in [-0.3, -0.25) is 19.4 Å². The number of imide groups is 2. The fourth-order valence-electron chi connectivity index (χ4n) is 2.04. The average Bonchev–Trinajstić information content (AvgIpc) is 2.58. The molecule has 0 unspecified atom stereocenters. The Morgan fingerprint density at radius 1 is 1.14 bits per heavy atom. The van der Waals surface area contributed by atoms with Crippen molar-refractivity contribution in [1.82, 2.24) is 9.80 Å². The van der Waals surface area contributed by atoms with Crippen molar-refractivity contribution in [2.45, 2.75) is 20.4 Å². The number of rotatable bonds is 4. The third-order valence-corrected chi connectivity index (χ3v) is 3.38. The van der Waals surface area contributed by atoms with Gasteiger partial charge in [-0.05, 0) is 23.6 Å². The lowest BCUT2D eigenvalue weighted by atomic mass is 10.2. The van der Waals surface area contributed by atoms with Crippen LogP contribution in [0.4, 0.5) is 9.18 Å². The maximum absolute atomic E-state index is 13.0. The molecule has 7 heteroatoms. The third-order valence-electron chi connectivity index (χ3n) is 3.03. The highest BCUT2D eigenvalue weighted by atomic mass is 35.5. The van der Waals surface area contributed by atoms with Crippen molar-refractivity contribution in [2.75, 3.05) is 6.54 Å². The Morgan fingerprint density at radius 3 is 2.33 bits per heavy atom. The average molecular weight is 313 g/mol. The second-order valence-corrected chi connectivity index (χ2v) is 5.63. The van der Waals surface area contributed by atoms with Gasteiger partial charge in [-0.1, -0.05) is 31.5 Å². The number of benzene rings is 1. The van der Waals surface area contributed by atoms with E-state index in [1.165, 1.54) is 12.1 Å². The highest BCUT2D eigenvalue weighted by molar-refractivity contribution is 6.44. The van der Waals surface area contributed by atoms with Crippen LogP contribution in [-0.4, -0.2) is 34.2 Å². The molecule has 1 aromatic carbocycles. The Balaban J connectivity index is 2.22. The molecule has 112 valence electrons. The third kappa shape index (κ3) is 3.05. The van der Waals surface area contributed by atoms with Crippen LogP contribution >= 0.6 is 11.6 Å². The molecule has 5 nitrogen and oxygen atoms in total. The molecular formula is C14H14ClFN2O3. The molecule has 0 atom stereocenters. The number of hydrogen-bond acceptors (Lipinski definition) is 3. The van der Waals surface area contributed by atoms with Crippen molar-refractivity contribution in [3.8, 4) is 0 Å². The maximum Gasteiger partial charge on any atom is 0.334 e. The van der Waals surface area contributed by atoms with E-state index in [2.05, 4.69) is 0 Å². The summed E-state index contributed by atoms with van der Waals surface area (Å²) in [5.41, 5.74) is 0.402. The molecule has 1 fully saturated rings. The predicted molar refractivity (Wildman–Crippen MR) is 73.9 cm³/mol. The summed E-state index contributed by atoms with van der Waals surface area (Å²) in [4.78, 5) is 37.6. The van der Waals surface area contributed by atoms with Crippen LogP contribution in [0.5, 0.6) is 0 Å². The van der Waals surface area contributed by atoms with Crippen LogP contribution in [0.15, 0.2) is 18.2 Å². The molecule has 21 heavy (non-hydrogen) atoms. The zero-order valence-corrected chi connectivity index (χ0v) is 12.4. The molecule has 1 heterocycles. The van der Waals surface area contributed by atoms with E-state index in [4.69, 9.17) is 11.6 Å². The van der Waals surface area contributed by atoms with Crippen molar-refractivity contribution >= 4 is 29.4 Å². The van der Waals surface area contributed by atoms with Gasteiger partial charge in [-0.25, -0.2) is 9.18 Å². The minimum atomic E-state index is -0.888. The molecule has 1 aromatic rings. The van der Waals surface area contributed by atoms with Crippen molar-refractivity contribution < 1.29 is 18.8 Å². The van der Waals surface area contributed by atoms with Gasteiger partial charge in [0.2, 0.25) is 0 Å². The summed E-state index contributed by atoms with van der Waals surface area (Å²) in [6.45, 7) is 3.70. The summed E-state index contributed by atoms with van der Waals surface area (Å²) in [5, 5.41) is 0.102. The van der Waals surface area contributed by atoms with Crippen molar-refractivity contribution in [3.05, 3.63) is 34.6 Å². The minimum Gasteiger partial charge on any atom is -0.263 e. The molecule has 0 aromatic heterocycles. The van der Waals surface area contributed by atoms with Crippen LogP contribution in [0.1, 0.15) is 19.4 Å². The lowest BCUT2D eigenvalue weighted by molar-refractivity contribution is -0.143. The first-order valence-corrected chi connectivity index (χ1v) is 6.80. The van der Waals surface area contributed by atoms with E-state index in [0.717, 1.165) is 15.9 Å². The molecule has 0 radical (unpaired) electrons. The SMILES string of the molecule is CC(C)CN1C(=O)C(=O)N(Cc2ccc(F)cc2Cl)C1=O. The lowest BCUT2D eigenvalue weighted by Crippen LogP contribution is -2.35. The van der Waals surface area contributed by atoms with Gasteiger partial charge in [0.25, 0.3) is 0 Å². The number of urea groups is 1. The number of carbonyl (C=O) groups is 3.